The van der Waals surface area contributed by atoms with E-state index in [1.807, 2.05) is 64.1 Å². The van der Waals surface area contributed by atoms with E-state index in [9.17, 15) is 9.90 Å². The van der Waals surface area contributed by atoms with Crippen molar-refractivity contribution in [2.24, 2.45) is 0 Å². The van der Waals surface area contributed by atoms with E-state index in [4.69, 9.17) is 9.47 Å². The Morgan fingerprint density at radius 3 is 1.79 bits per heavy atom. The Morgan fingerprint density at radius 2 is 1.38 bits per heavy atom. The van der Waals surface area contributed by atoms with Gasteiger partial charge in [0.05, 0.1) is 6.61 Å². The fourth-order valence-corrected chi connectivity index (χ4v) is 2.17. The number of phenolic OH excluding ortho intramolecular Hbond substituents is 1. The molecule has 0 atom stereocenters. The van der Waals surface area contributed by atoms with Gasteiger partial charge in [0.1, 0.15) is 11.5 Å². The molecule has 4 nitrogen and oxygen atoms in total. The van der Waals surface area contributed by atoms with Crippen LogP contribution in [0.4, 0.5) is 0 Å². The van der Waals surface area contributed by atoms with Crippen LogP contribution >= 0.6 is 0 Å². The molecule has 0 bridgehead atoms. The van der Waals surface area contributed by atoms with E-state index in [-0.39, 0.29) is 12.6 Å². The lowest BCUT2D eigenvalue weighted by atomic mass is 10.1. The molecule has 24 heavy (non-hydrogen) atoms. The number of phenols is 1. The number of benzene rings is 2. The van der Waals surface area contributed by atoms with Crippen LogP contribution in [0.3, 0.4) is 0 Å². The van der Waals surface area contributed by atoms with Crippen molar-refractivity contribution in [3.8, 4) is 11.5 Å². The molecule has 0 radical (unpaired) electrons. The Hall–Kier alpha value is -2.49. The SMILES string of the molecule is CCOC(=O)COc1c(C)cccc1C.Cc1cccc(C)c1O. The maximum Gasteiger partial charge on any atom is 0.344 e. The third-order valence-corrected chi connectivity index (χ3v) is 3.49. The number of carbonyl (C=O) groups is 1. The fraction of sp³-hybridized carbons (Fsp3) is 0.350. The van der Waals surface area contributed by atoms with Gasteiger partial charge in [-0.15, -0.1) is 0 Å². The van der Waals surface area contributed by atoms with Gasteiger partial charge in [-0.2, -0.15) is 0 Å². The van der Waals surface area contributed by atoms with Crippen LogP contribution in [0.5, 0.6) is 11.5 Å². The van der Waals surface area contributed by atoms with E-state index in [2.05, 4.69) is 0 Å². The smallest absolute Gasteiger partial charge is 0.344 e. The van der Waals surface area contributed by atoms with Gasteiger partial charge in [0.15, 0.2) is 6.61 Å². The van der Waals surface area contributed by atoms with Gasteiger partial charge < -0.3 is 14.6 Å². The van der Waals surface area contributed by atoms with Crippen LogP contribution in [0.15, 0.2) is 36.4 Å². The highest BCUT2D eigenvalue weighted by Gasteiger charge is 2.07. The first-order valence-corrected chi connectivity index (χ1v) is 7.96. The lowest BCUT2D eigenvalue weighted by Crippen LogP contribution is -2.15. The summed E-state index contributed by atoms with van der Waals surface area (Å²) in [5, 5.41) is 9.21. The molecule has 0 aromatic heterocycles. The molecule has 2 aromatic rings. The van der Waals surface area contributed by atoms with E-state index in [0.717, 1.165) is 28.0 Å². The molecule has 0 heterocycles. The first kappa shape index (κ1) is 19.6. The van der Waals surface area contributed by atoms with Crippen molar-refractivity contribution in [2.75, 3.05) is 13.2 Å². The molecule has 4 heteroatoms. The number of aromatic hydroxyl groups is 1. The van der Waals surface area contributed by atoms with Crippen LogP contribution < -0.4 is 4.74 Å². The van der Waals surface area contributed by atoms with Gasteiger partial charge >= 0.3 is 5.97 Å². The molecule has 0 aliphatic rings. The van der Waals surface area contributed by atoms with Gasteiger partial charge in [-0.25, -0.2) is 4.79 Å². The Labute approximate surface area is 144 Å². The molecule has 2 aromatic carbocycles. The third-order valence-electron chi connectivity index (χ3n) is 3.49. The Morgan fingerprint density at radius 1 is 0.917 bits per heavy atom. The van der Waals surface area contributed by atoms with E-state index in [1.165, 1.54) is 0 Å². The van der Waals surface area contributed by atoms with Gasteiger partial charge in [0, 0.05) is 0 Å². The number of para-hydroxylation sites is 2. The summed E-state index contributed by atoms with van der Waals surface area (Å²) in [5.74, 6) is 0.850. The summed E-state index contributed by atoms with van der Waals surface area (Å²) in [5.41, 5.74) is 3.93. The van der Waals surface area contributed by atoms with Gasteiger partial charge in [-0.3, -0.25) is 0 Å². The Bertz CT molecular complexity index is 637. The summed E-state index contributed by atoms with van der Waals surface area (Å²) in [6, 6.07) is 11.6. The van der Waals surface area contributed by atoms with Crippen LogP contribution in [-0.2, 0) is 9.53 Å². The van der Waals surface area contributed by atoms with Crippen molar-refractivity contribution < 1.29 is 19.4 Å². The fourth-order valence-electron chi connectivity index (χ4n) is 2.17. The highest BCUT2D eigenvalue weighted by Crippen LogP contribution is 2.22. The van der Waals surface area contributed by atoms with Gasteiger partial charge in [0.2, 0.25) is 0 Å². The summed E-state index contributed by atoms with van der Waals surface area (Å²) in [6.07, 6.45) is 0. The lowest BCUT2D eigenvalue weighted by Gasteiger charge is -2.10. The molecule has 0 unspecified atom stereocenters. The van der Waals surface area contributed by atoms with E-state index in [0.29, 0.717) is 12.4 Å². The van der Waals surface area contributed by atoms with E-state index < -0.39 is 0 Å². The van der Waals surface area contributed by atoms with Gasteiger partial charge in [-0.1, -0.05) is 36.4 Å². The lowest BCUT2D eigenvalue weighted by molar-refractivity contribution is -0.145. The monoisotopic (exact) mass is 330 g/mol. The number of aryl methyl sites for hydroxylation is 4. The standard InChI is InChI=1S/C12H16O3.C8H10O/c1-4-14-11(13)8-15-12-9(2)6-5-7-10(12)3;1-6-4-3-5-7(2)8(6)9/h5-7H,4,8H2,1-3H3;3-5,9H,1-2H3. The van der Waals surface area contributed by atoms with Crippen LogP contribution in [0.2, 0.25) is 0 Å². The minimum Gasteiger partial charge on any atom is -0.507 e. The molecule has 0 aliphatic heterocycles. The maximum atomic E-state index is 11.1. The minimum atomic E-state index is -0.333. The largest absolute Gasteiger partial charge is 0.507 e. The van der Waals surface area contributed by atoms with E-state index >= 15 is 0 Å². The summed E-state index contributed by atoms with van der Waals surface area (Å²) in [4.78, 5) is 11.1. The summed E-state index contributed by atoms with van der Waals surface area (Å²) < 4.78 is 10.2. The number of hydrogen-bond acceptors (Lipinski definition) is 4. The predicted octanol–water partition coefficient (Wildman–Crippen LogP) is 4.25. The molecule has 0 spiro atoms. The first-order chi connectivity index (χ1) is 11.4. The Kier molecular flexibility index (Phi) is 7.83. The van der Waals surface area contributed by atoms with Crippen LogP contribution in [0.1, 0.15) is 29.2 Å². The van der Waals surface area contributed by atoms with Crippen LogP contribution in [0, 0.1) is 27.7 Å². The highest BCUT2D eigenvalue weighted by atomic mass is 16.6. The van der Waals surface area contributed by atoms with Crippen molar-refractivity contribution in [3.63, 3.8) is 0 Å². The molecule has 0 aliphatic carbocycles. The molecule has 0 fully saturated rings. The number of hydrogen-bond donors (Lipinski definition) is 1. The zero-order chi connectivity index (χ0) is 18.1. The zero-order valence-electron chi connectivity index (χ0n) is 15.1. The second-order valence-electron chi connectivity index (χ2n) is 5.56. The second kappa shape index (κ2) is 9.60. The number of ether oxygens (including phenoxy) is 2. The van der Waals surface area contributed by atoms with Gasteiger partial charge in [0.25, 0.3) is 0 Å². The average molecular weight is 330 g/mol. The molecule has 130 valence electrons. The summed E-state index contributed by atoms with van der Waals surface area (Å²) in [6.45, 7) is 9.82. The third kappa shape index (κ3) is 5.95. The first-order valence-electron chi connectivity index (χ1n) is 7.96. The van der Waals surface area contributed by atoms with Crippen molar-refractivity contribution in [3.05, 3.63) is 58.7 Å². The van der Waals surface area contributed by atoms with Crippen molar-refractivity contribution in [1.29, 1.82) is 0 Å². The van der Waals surface area contributed by atoms with Crippen molar-refractivity contribution in [2.45, 2.75) is 34.6 Å². The maximum absolute atomic E-state index is 11.1. The second-order valence-corrected chi connectivity index (χ2v) is 5.56. The van der Waals surface area contributed by atoms with Crippen LogP contribution in [-0.4, -0.2) is 24.3 Å². The van der Waals surface area contributed by atoms with Crippen molar-refractivity contribution >= 4 is 5.97 Å². The molecule has 2 rings (SSSR count). The highest BCUT2D eigenvalue weighted by molar-refractivity contribution is 5.71. The quantitative estimate of drug-likeness (QED) is 0.851. The molecule has 0 saturated carbocycles. The average Bonchev–Trinajstić information content (AvgIpc) is 2.53. The minimum absolute atomic E-state index is 0.0282. The number of esters is 1. The van der Waals surface area contributed by atoms with E-state index in [1.54, 1.807) is 6.92 Å². The van der Waals surface area contributed by atoms with Crippen LogP contribution in [0.25, 0.3) is 0 Å². The number of carbonyl (C=O) groups excluding carboxylic acids is 1. The predicted molar refractivity (Wildman–Crippen MR) is 95.6 cm³/mol. The molecule has 1 N–H and O–H groups in total. The number of rotatable bonds is 4. The summed E-state index contributed by atoms with van der Waals surface area (Å²) in [7, 11) is 0. The Balaban J connectivity index is 0.000000272. The normalized spacial score (nSPS) is 9.71. The van der Waals surface area contributed by atoms with Gasteiger partial charge in [-0.05, 0) is 56.9 Å². The molecular formula is C20H26O4. The topological polar surface area (TPSA) is 55.8 Å². The zero-order valence-corrected chi connectivity index (χ0v) is 15.1. The molecule has 0 saturated heterocycles. The van der Waals surface area contributed by atoms with Crippen molar-refractivity contribution in [1.82, 2.24) is 0 Å². The summed E-state index contributed by atoms with van der Waals surface area (Å²) >= 11 is 0. The molecule has 0 amide bonds. The molecular weight excluding hydrogens is 304 g/mol.